The van der Waals surface area contributed by atoms with E-state index >= 15 is 0 Å². The van der Waals surface area contributed by atoms with Crippen LogP contribution in [0.4, 0.5) is 5.69 Å². The van der Waals surface area contributed by atoms with Crippen molar-refractivity contribution in [2.24, 2.45) is 0 Å². The number of imidazole rings is 1. The van der Waals surface area contributed by atoms with Gasteiger partial charge in [-0.3, -0.25) is 4.79 Å². The third-order valence-corrected chi connectivity index (χ3v) is 6.36. The molecule has 2 aromatic carbocycles. The van der Waals surface area contributed by atoms with Gasteiger partial charge < -0.3 is 20.1 Å². The fraction of sp³-hybridized carbons (Fsp3) is 0.407. The molecule has 0 radical (unpaired) electrons. The quantitative estimate of drug-likeness (QED) is 0.533. The normalized spacial score (nSPS) is 14.3. The van der Waals surface area contributed by atoms with Crippen molar-refractivity contribution < 1.29 is 4.79 Å². The Morgan fingerprint density at radius 1 is 1.09 bits per heavy atom. The summed E-state index contributed by atoms with van der Waals surface area (Å²) in [6.07, 6.45) is 4.08. The van der Waals surface area contributed by atoms with Gasteiger partial charge in [-0.2, -0.15) is 0 Å². The Hall–Kier alpha value is -3.12. The number of nitrogens with zero attached hydrogens (tertiary/aromatic N) is 3. The van der Waals surface area contributed by atoms with Crippen LogP contribution in [0.3, 0.4) is 0 Å². The number of hydrogen-bond donors (Lipinski definition) is 2. The lowest BCUT2D eigenvalue weighted by Gasteiger charge is -2.37. The molecule has 1 aromatic heterocycles. The maximum atomic E-state index is 9.06. The highest BCUT2D eigenvalue weighted by molar-refractivity contribution is 5.56. The summed E-state index contributed by atoms with van der Waals surface area (Å²) >= 11 is 0. The standard InChI is InChI=1S/C25H32N4.C2H5NO/c1-19-9-11-21(12-10-19)25-26-20(2)24(27-25)15-18-29-16-13-23(14-17-29)28(3)22-7-5-4-6-8-22;1-3-2-4/h4-12,23H,13-18H2,1-3H3,(H,26,27);2H,1H3,(H,3,4). The Kier molecular flexibility index (Phi) is 9.07. The average molecular weight is 448 g/mol. The molecule has 4 rings (SSSR count). The van der Waals surface area contributed by atoms with E-state index in [1.807, 2.05) is 0 Å². The van der Waals surface area contributed by atoms with E-state index in [0.29, 0.717) is 12.5 Å². The first-order valence-electron chi connectivity index (χ1n) is 11.8. The van der Waals surface area contributed by atoms with Crippen LogP contribution < -0.4 is 10.2 Å². The molecule has 0 unspecified atom stereocenters. The number of amides is 1. The van der Waals surface area contributed by atoms with Crippen molar-refractivity contribution >= 4 is 12.1 Å². The highest BCUT2D eigenvalue weighted by Gasteiger charge is 2.23. The van der Waals surface area contributed by atoms with E-state index in [4.69, 9.17) is 9.78 Å². The lowest BCUT2D eigenvalue weighted by molar-refractivity contribution is -0.109. The first kappa shape index (κ1) is 24.5. The molecular weight excluding hydrogens is 410 g/mol. The zero-order chi connectivity index (χ0) is 23.6. The summed E-state index contributed by atoms with van der Waals surface area (Å²) in [6, 6.07) is 20.0. The van der Waals surface area contributed by atoms with Crippen LogP contribution in [0.15, 0.2) is 54.6 Å². The topological polar surface area (TPSA) is 64.3 Å². The molecular formula is C27H37N5O. The van der Waals surface area contributed by atoms with Gasteiger partial charge in [-0.1, -0.05) is 48.0 Å². The van der Waals surface area contributed by atoms with Crippen LogP contribution >= 0.6 is 0 Å². The molecule has 0 bridgehead atoms. The lowest BCUT2D eigenvalue weighted by atomic mass is 10.0. The summed E-state index contributed by atoms with van der Waals surface area (Å²) in [6.45, 7) is 7.66. The van der Waals surface area contributed by atoms with Crippen molar-refractivity contribution in [2.75, 3.05) is 38.6 Å². The van der Waals surface area contributed by atoms with Crippen LogP contribution in [-0.4, -0.2) is 61.0 Å². The van der Waals surface area contributed by atoms with Crippen molar-refractivity contribution in [2.45, 2.75) is 39.2 Å². The zero-order valence-electron chi connectivity index (χ0n) is 20.3. The number of likely N-dealkylation sites (tertiary alicyclic amines) is 1. The van der Waals surface area contributed by atoms with E-state index in [2.05, 4.69) is 95.6 Å². The zero-order valence-corrected chi connectivity index (χ0v) is 20.3. The smallest absolute Gasteiger partial charge is 0.206 e. The number of aromatic amines is 1. The minimum Gasteiger partial charge on any atom is -0.372 e. The molecule has 2 heterocycles. The second-order valence-corrected chi connectivity index (χ2v) is 8.70. The molecule has 1 amide bonds. The number of carbonyl (C=O) groups is 1. The number of para-hydroxylation sites is 1. The number of hydrogen-bond acceptors (Lipinski definition) is 4. The van der Waals surface area contributed by atoms with Crippen LogP contribution in [0.1, 0.15) is 29.8 Å². The van der Waals surface area contributed by atoms with Crippen LogP contribution in [0.25, 0.3) is 11.4 Å². The Morgan fingerprint density at radius 3 is 2.33 bits per heavy atom. The summed E-state index contributed by atoms with van der Waals surface area (Å²) in [5.41, 5.74) is 6.15. The summed E-state index contributed by atoms with van der Waals surface area (Å²) in [7, 11) is 3.79. The predicted octanol–water partition coefficient (Wildman–Crippen LogP) is 4.20. The molecule has 33 heavy (non-hydrogen) atoms. The summed E-state index contributed by atoms with van der Waals surface area (Å²) in [5.74, 6) is 0.987. The van der Waals surface area contributed by atoms with Gasteiger partial charge in [-0.05, 0) is 38.8 Å². The summed E-state index contributed by atoms with van der Waals surface area (Å²) < 4.78 is 0. The lowest BCUT2D eigenvalue weighted by Crippen LogP contribution is -2.44. The van der Waals surface area contributed by atoms with Crippen molar-refractivity contribution in [3.63, 3.8) is 0 Å². The minimum absolute atomic E-state index is 0.625. The van der Waals surface area contributed by atoms with Crippen molar-refractivity contribution in [1.82, 2.24) is 20.2 Å². The average Bonchev–Trinajstić information content (AvgIpc) is 3.24. The Morgan fingerprint density at radius 2 is 1.73 bits per heavy atom. The molecule has 176 valence electrons. The van der Waals surface area contributed by atoms with Gasteiger partial charge in [0.05, 0.1) is 5.69 Å². The van der Waals surface area contributed by atoms with E-state index in [1.54, 1.807) is 7.05 Å². The summed E-state index contributed by atoms with van der Waals surface area (Å²) in [5, 5.41) is 2.25. The van der Waals surface area contributed by atoms with E-state index in [0.717, 1.165) is 37.4 Å². The van der Waals surface area contributed by atoms with Gasteiger partial charge in [-0.25, -0.2) is 4.98 Å². The molecule has 0 spiro atoms. The van der Waals surface area contributed by atoms with Gasteiger partial charge >= 0.3 is 0 Å². The Labute approximate surface area is 198 Å². The largest absolute Gasteiger partial charge is 0.372 e. The first-order chi connectivity index (χ1) is 16.0. The van der Waals surface area contributed by atoms with Gasteiger partial charge in [0.1, 0.15) is 5.82 Å². The van der Waals surface area contributed by atoms with E-state index in [9.17, 15) is 0 Å². The van der Waals surface area contributed by atoms with Gasteiger partial charge in [0.15, 0.2) is 0 Å². The first-order valence-corrected chi connectivity index (χ1v) is 11.8. The van der Waals surface area contributed by atoms with E-state index in [1.165, 1.54) is 35.5 Å². The molecule has 1 fully saturated rings. The van der Waals surface area contributed by atoms with Crippen LogP contribution in [-0.2, 0) is 11.2 Å². The third kappa shape index (κ3) is 6.93. The Balaban J connectivity index is 0.000000709. The van der Waals surface area contributed by atoms with Gasteiger partial charge in [-0.15, -0.1) is 0 Å². The number of carbonyl (C=O) groups excluding carboxylic acids is 1. The number of rotatable bonds is 7. The molecule has 1 saturated heterocycles. The number of anilines is 1. The minimum atomic E-state index is 0.625. The maximum Gasteiger partial charge on any atom is 0.206 e. The van der Waals surface area contributed by atoms with Crippen LogP contribution in [0, 0.1) is 13.8 Å². The van der Waals surface area contributed by atoms with Crippen molar-refractivity contribution in [3.8, 4) is 11.4 Å². The molecule has 3 aromatic rings. The number of piperidine rings is 1. The molecule has 0 saturated carbocycles. The maximum absolute atomic E-state index is 9.06. The number of benzene rings is 2. The number of aryl methyl sites for hydroxylation is 2. The molecule has 1 aliphatic heterocycles. The van der Waals surface area contributed by atoms with Gasteiger partial charge in [0, 0.05) is 63.1 Å². The summed E-state index contributed by atoms with van der Waals surface area (Å²) in [4.78, 5) is 22.5. The monoisotopic (exact) mass is 447 g/mol. The fourth-order valence-corrected chi connectivity index (χ4v) is 4.26. The number of H-pyrrole nitrogens is 1. The van der Waals surface area contributed by atoms with Crippen LogP contribution in [0.2, 0.25) is 0 Å². The second kappa shape index (κ2) is 12.2. The van der Waals surface area contributed by atoms with E-state index in [-0.39, 0.29) is 0 Å². The molecule has 1 aliphatic rings. The molecule has 0 aliphatic carbocycles. The highest BCUT2D eigenvalue weighted by Crippen LogP contribution is 2.23. The molecule has 6 nitrogen and oxygen atoms in total. The third-order valence-electron chi connectivity index (χ3n) is 6.36. The van der Waals surface area contributed by atoms with Gasteiger partial charge in [0.25, 0.3) is 0 Å². The predicted molar refractivity (Wildman–Crippen MR) is 137 cm³/mol. The SMILES string of the molecule is CNC=O.Cc1ccc(-c2nc(CCN3CCC(N(C)c4ccccc4)CC3)c(C)[nH]2)cc1. The fourth-order valence-electron chi connectivity index (χ4n) is 4.26. The molecule has 0 atom stereocenters. The molecule has 6 heteroatoms. The van der Waals surface area contributed by atoms with Crippen molar-refractivity contribution in [1.29, 1.82) is 0 Å². The van der Waals surface area contributed by atoms with Gasteiger partial charge in [0.2, 0.25) is 6.41 Å². The number of nitrogens with one attached hydrogen (secondary N) is 2. The van der Waals surface area contributed by atoms with E-state index < -0.39 is 0 Å². The number of aromatic nitrogens is 2. The second-order valence-electron chi connectivity index (χ2n) is 8.70. The Bertz CT molecular complexity index is 976. The van der Waals surface area contributed by atoms with Crippen molar-refractivity contribution in [3.05, 3.63) is 71.5 Å². The van der Waals surface area contributed by atoms with Crippen LogP contribution in [0.5, 0.6) is 0 Å². The molecule has 2 N–H and O–H groups in total. The highest BCUT2D eigenvalue weighted by atomic mass is 16.1.